The molecule has 0 spiro atoms. The molecule has 1 aliphatic heterocycles. The van der Waals surface area contributed by atoms with Crippen LogP contribution < -0.4 is 4.74 Å². The fourth-order valence-electron chi connectivity index (χ4n) is 4.94. The molecule has 0 fully saturated rings. The van der Waals surface area contributed by atoms with E-state index in [2.05, 4.69) is 28.2 Å². The van der Waals surface area contributed by atoms with Gasteiger partial charge in [0.25, 0.3) is 0 Å². The molecular weight excluding hydrogens is 486 g/mol. The maximum atomic E-state index is 6.46. The van der Waals surface area contributed by atoms with Crippen LogP contribution in [0.15, 0.2) is 85.5 Å². The van der Waals surface area contributed by atoms with Gasteiger partial charge in [0, 0.05) is 23.8 Å². The van der Waals surface area contributed by atoms with Gasteiger partial charge in [-0.05, 0) is 42.3 Å². The average Bonchev–Trinajstić information content (AvgIpc) is 3.49. The monoisotopic (exact) mass is 505 g/mol. The molecule has 1 aliphatic rings. The molecule has 0 saturated carbocycles. The highest BCUT2D eigenvalue weighted by molar-refractivity contribution is 6.30. The minimum Gasteiger partial charge on any atom is -0.420 e. The summed E-state index contributed by atoms with van der Waals surface area (Å²) in [5.74, 6) is 1.53. The van der Waals surface area contributed by atoms with Crippen molar-refractivity contribution in [1.82, 2.24) is 34.3 Å². The van der Waals surface area contributed by atoms with Crippen molar-refractivity contribution in [2.24, 2.45) is 0 Å². The second kappa shape index (κ2) is 8.53. The minimum atomic E-state index is -0.245. The number of aryl methyl sites for hydroxylation is 1. The van der Waals surface area contributed by atoms with Gasteiger partial charge in [-0.1, -0.05) is 54.1 Å². The molecule has 8 nitrogen and oxygen atoms in total. The Hall–Kier alpha value is -4.56. The molecular formula is C28H20ClN7O. The van der Waals surface area contributed by atoms with Crippen LogP contribution in [-0.4, -0.2) is 34.3 Å². The van der Waals surface area contributed by atoms with E-state index in [9.17, 15) is 0 Å². The Morgan fingerprint density at radius 1 is 0.973 bits per heavy atom. The molecule has 0 radical (unpaired) electrons. The van der Waals surface area contributed by atoms with E-state index in [0.717, 1.165) is 33.6 Å². The van der Waals surface area contributed by atoms with Crippen LogP contribution in [0.1, 0.15) is 39.7 Å². The van der Waals surface area contributed by atoms with Gasteiger partial charge in [-0.25, -0.2) is 19.2 Å². The molecule has 0 saturated heterocycles. The van der Waals surface area contributed by atoms with Crippen molar-refractivity contribution in [2.45, 2.75) is 19.3 Å². The summed E-state index contributed by atoms with van der Waals surface area (Å²) in [7, 11) is 0. The van der Waals surface area contributed by atoms with Gasteiger partial charge in [0.15, 0.2) is 11.5 Å². The first-order chi connectivity index (χ1) is 18.2. The molecule has 1 atom stereocenters. The summed E-state index contributed by atoms with van der Waals surface area (Å²) in [6, 6.07) is 21.7. The van der Waals surface area contributed by atoms with Crippen molar-refractivity contribution >= 4 is 17.2 Å². The van der Waals surface area contributed by atoms with Gasteiger partial charge in [0.2, 0.25) is 11.8 Å². The van der Waals surface area contributed by atoms with Crippen LogP contribution in [0.2, 0.25) is 5.02 Å². The molecule has 37 heavy (non-hydrogen) atoms. The number of nitrogens with zero attached hydrogens (tertiary/aromatic N) is 7. The molecule has 9 heteroatoms. The maximum absolute atomic E-state index is 6.46. The highest BCUT2D eigenvalue weighted by Crippen LogP contribution is 2.49. The maximum Gasteiger partial charge on any atom is 0.230 e. The van der Waals surface area contributed by atoms with Gasteiger partial charge in [-0.2, -0.15) is 5.10 Å². The van der Waals surface area contributed by atoms with E-state index >= 15 is 0 Å². The molecule has 0 N–H and O–H groups in total. The van der Waals surface area contributed by atoms with Crippen LogP contribution in [0.3, 0.4) is 0 Å². The number of aromatic nitrogens is 7. The number of hydrogen-bond acceptors (Lipinski definition) is 6. The fraction of sp³-hybridized carbons (Fsp3) is 0.107. The first-order valence-electron chi connectivity index (χ1n) is 11.9. The first kappa shape index (κ1) is 21.7. The van der Waals surface area contributed by atoms with Gasteiger partial charge in [0.1, 0.15) is 6.33 Å². The molecule has 5 heterocycles. The lowest BCUT2D eigenvalue weighted by molar-refractivity contribution is 0.402. The fourth-order valence-corrected chi connectivity index (χ4v) is 5.12. The third kappa shape index (κ3) is 3.65. The van der Waals surface area contributed by atoms with Crippen molar-refractivity contribution in [3.05, 3.63) is 124 Å². The zero-order valence-electron chi connectivity index (χ0n) is 19.8. The third-order valence-corrected chi connectivity index (χ3v) is 6.77. The van der Waals surface area contributed by atoms with Crippen LogP contribution in [0.4, 0.5) is 0 Å². The number of benzene rings is 2. The highest BCUT2D eigenvalue weighted by atomic mass is 35.5. The molecule has 7 rings (SSSR count). The predicted molar refractivity (Wildman–Crippen MR) is 139 cm³/mol. The van der Waals surface area contributed by atoms with Crippen molar-refractivity contribution in [1.29, 1.82) is 0 Å². The molecule has 1 unspecified atom stereocenters. The summed E-state index contributed by atoms with van der Waals surface area (Å²) in [5.41, 5.74) is 6.24. The number of hydrogen-bond donors (Lipinski definition) is 0. The number of pyridine rings is 1. The van der Waals surface area contributed by atoms with Gasteiger partial charge >= 0.3 is 0 Å². The quantitative estimate of drug-likeness (QED) is 0.312. The largest absolute Gasteiger partial charge is 0.420 e. The van der Waals surface area contributed by atoms with E-state index in [-0.39, 0.29) is 5.92 Å². The standard InChI is InChI=1S/C28H20ClN7O/c1-17-23-24(19-9-6-12-30-15-19)25-26-32-22(13-18-7-3-2-4-8-18)34-35(26)16-31-27(25)37-28(23)36(33-17)21-11-5-10-20(29)14-21/h2-12,14-16,24H,13H2,1H3. The smallest absolute Gasteiger partial charge is 0.230 e. The normalized spacial score (nSPS) is 14.3. The van der Waals surface area contributed by atoms with Crippen LogP contribution in [0.25, 0.3) is 11.3 Å². The zero-order valence-corrected chi connectivity index (χ0v) is 20.5. The second-order valence-electron chi connectivity index (χ2n) is 8.94. The lowest BCUT2D eigenvalue weighted by Gasteiger charge is -2.26. The minimum absolute atomic E-state index is 0.245. The van der Waals surface area contributed by atoms with E-state index in [1.165, 1.54) is 0 Å². The summed E-state index contributed by atoms with van der Waals surface area (Å²) in [6.07, 6.45) is 5.89. The Morgan fingerprint density at radius 3 is 2.68 bits per heavy atom. The lowest BCUT2D eigenvalue weighted by Crippen LogP contribution is -2.16. The summed E-state index contributed by atoms with van der Waals surface area (Å²) in [6.45, 7) is 1.98. The molecule has 2 aromatic carbocycles. The van der Waals surface area contributed by atoms with E-state index in [0.29, 0.717) is 34.7 Å². The van der Waals surface area contributed by atoms with Gasteiger partial charge < -0.3 is 4.74 Å². The van der Waals surface area contributed by atoms with E-state index in [1.807, 2.05) is 61.7 Å². The van der Waals surface area contributed by atoms with Crippen molar-refractivity contribution in [3.8, 4) is 17.4 Å². The molecule has 180 valence electrons. The van der Waals surface area contributed by atoms with Gasteiger partial charge in [-0.3, -0.25) is 4.98 Å². The van der Waals surface area contributed by atoms with Crippen LogP contribution >= 0.6 is 11.6 Å². The number of ether oxygens (including phenoxy) is 1. The van der Waals surface area contributed by atoms with E-state index < -0.39 is 0 Å². The van der Waals surface area contributed by atoms with Crippen LogP contribution in [0.5, 0.6) is 11.8 Å². The molecule has 4 aromatic heterocycles. The van der Waals surface area contributed by atoms with E-state index in [4.69, 9.17) is 31.5 Å². The third-order valence-electron chi connectivity index (χ3n) is 6.54. The second-order valence-corrected chi connectivity index (χ2v) is 9.38. The number of halogens is 1. The lowest BCUT2D eigenvalue weighted by atomic mass is 9.85. The molecule has 0 amide bonds. The van der Waals surface area contributed by atoms with Crippen molar-refractivity contribution in [2.75, 3.05) is 0 Å². The Morgan fingerprint density at radius 2 is 1.86 bits per heavy atom. The van der Waals surface area contributed by atoms with Gasteiger partial charge in [-0.15, -0.1) is 5.10 Å². The Bertz CT molecular complexity index is 1760. The topological polar surface area (TPSA) is 83.0 Å². The Labute approximate surface area is 217 Å². The Balaban J connectivity index is 1.44. The van der Waals surface area contributed by atoms with E-state index in [1.54, 1.807) is 21.7 Å². The SMILES string of the molecule is Cc1nn(-c2cccc(Cl)c2)c2c1C(c1cccnc1)c1c(ncn3nc(Cc4ccccc4)nc13)O2. The predicted octanol–water partition coefficient (Wildman–Crippen LogP) is 5.54. The van der Waals surface area contributed by atoms with Crippen LogP contribution in [0, 0.1) is 6.92 Å². The molecule has 0 aliphatic carbocycles. The first-order valence-corrected chi connectivity index (χ1v) is 12.2. The average molecular weight is 506 g/mol. The number of fused-ring (bicyclic) bond motifs is 4. The Kier molecular flexibility index (Phi) is 5.00. The van der Waals surface area contributed by atoms with Crippen molar-refractivity contribution in [3.63, 3.8) is 0 Å². The zero-order chi connectivity index (χ0) is 24.9. The summed E-state index contributed by atoms with van der Waals surface area (Å²) >= 11 is 6.30. The highest BCUT2D eigenvalue weighted by Gasteiger charge is 2.38. The van der Waals surface area contributed by atoms with Crippen molar-refractivity contribution < 1.29 is 4.74 Å². The molecule has 6 aromatic rings. The van der Waals surface area contributed by atoms with Crippen LogP contribution in [-0.2, 0) is 6.42 Å². The summed E-state index contributed by atoms with van der Waals surface area (Å²) in [5, 5.41) is 10.2. The summed E-state index contributed by atoms with van der Waals surface area (Å²) < 4.78 is 9.96. The summed E-state index contributed by atoms with van der Waals surface area (Å²) in [4.78, 5) is 14.0. The van der Waals surface area contributed by atoms with Gasteiger partial charge in [0.05, 0.1) is 28.4 Å². The number of rotatable bonds is 4. The molecule has 0 bridgehead atoms.